The van der Waals surface area contributed by atoms with Crippen molar-refractivity contribution in [2.75, 3.05) is 19.7 Å². The molecule has 1 amide bonds. The topological polar surface area (TPSA) is 103 Å². The molecule has 0 fully saturated rings. The van der Waals surface area contributed by atoms with Gasteiger partial charge in [0.25, 0.3) is 5.91 Å². The summed E-state index contributed by atoms with van der Waals surface area (Å²) in [5.74, 6) is 1.38. The van der Waals surface area contributed by atoms with Crippen LogP contribution in [0.1, 0.15) is 36.8 Å². The normalized spacial score (nSPS) is 11.4. The minimum Gasteiger partial charge on any atom is -0.494 e. The monoisotopic (exact) mass is 486 g/mol. The van der Waals surface area contributed by atoms with Crippen LogP contribution in [0.15, 0.2) is 59.8 Å². The maximum absolute atomic E-state index is 12.8. The van der Waals surface area contributed by atoms with Crippen LogP contribution in [0.5, 0.6) is 17.4 Å². The van der Waals surface area contributed by atoms with E-state index in [0.717, 1.165) is 11.3 Å². The van der Waals surface area contributed by atoms with Crippen molar-refractivity contribution in [3.05, 3.63) is 66.1 Å². The van der Waals surface area contributed by atoms with Gasteiger partial charge in [0.05, 0.1) is 6.61 Å². The van der Waals surface area contributed by atoms with Gasteiger partial charge in [-0.25, -0.2) is 13.4 Å². The van der Waals surface area contributed by atoms with Crippen molar-refractivity contribution in [2.24, 2.45) is 7.05 Å². The third-order valence-corrected chi connectivity index (χ3v) is 7.18. The Balaban J connectivity index is 1.66. The first kappa shape index (κ1) is 25.3. The highest BCUT2D eigenvalue weighted by molar-refractivity contribution is 7.89. The highest BCUT2D eigenvalue weighted by Gasteiger charge is 2.25. The van der Waals surface area contributed by atoms with Crippen molar-refractivity contribution in [3.63, 3.8) is 0 Å². The number of nitrogens with one attached hydrogen (secondary N) is 1. The molecule has 2 aromatic heterocycles. The van der Waals surface area contributed by atoms with Crippen LogP contribution >= 0.6 is 0 Å². The van der Waals surface area contributed by atoms with Crippen LogP contribution in [0.3, 0.4) is 0 Å². The molecule has 3 aromatic rings. The predicted molar refractivity (Wildman–Crippen MR) is 129 cm³/mol. The molecule has 34 heavy (non-hydrogen) atoms. The van der Waals surface area contributed by atoms with Crippen LogP contribution in [0.2, 0.25) is 0 Å². The number of aromatic nitrogens is 2. The van der Waals surface area contributed by atoms with Crippen molar-refractivity contribution in [1.29, 1.82) is 0 Å². The fourth-order valence-electron chi connectivity index (χ4n) is 3.39. The molecule has 1 aromatic carbocycles. The Morgan fingerprint density at radius 2 is 1.74 bits per heavy atom. The Morgan fingerprint density at radius 1 is 1.06 bits per heavy atom. The van der Waals surface area contributed by atoms with E-state index in [0.29, 0.717) is 31.3 Å². The molecule has 0 aliphatic heterocycles. The Kier molecular flexibility index (Phi) is 8.30. The summed E-state index contributed by atoms with van der Waals surface area (Å²) in [6.45, 7) is 7.01. The number of aryl methyl sites for hydroxylation is 1. The van der Waals surface area contributed by atoms with Crippen LogP contribution < -0.4 is 14.8 Å². The lowest BCUT2D eigenvalue weighted by molar-refractivity contribution is 0.0942. The molecule has 3 rings (SSSR count). The summed E-state index contributed by atoms with van der Waals surface area (Å²) in [4.78, 5) is 17.1. The van der Waals surface area contributed by atoms with Crippen molar-refractivity contribution in [2.45, 2.75) is 32.2 Å². The number of rotatable bonds is 11. The summed E-state index contributed by atoms with van der Waals surface area (Å²) in [6, 6.07) is 12.1. The maximum atomic E-state index is 12.8. The number of carbonyl (C=O) groups is 1. The van der Waals surface area contributed by atoms with Crippen molar-refractivity contribution in [1.82, 2.24) is 19.2 Å². The minimum atomic E-state index is -3.65. The van der Waals surface area contributed by atoms with Gasteiger partial charge in [-0.15, -0.1) is 0 Å². The number of nitrogens with zero attached hydrogens (tertiary/aromatic N) is 3. The molecule has 9 nitrogen and oxygen atoms in total. The van der Waals surface area contributed by atoms with E-state index in [1.54, 1.807) is 51.4 Å². The molecule has 0 saturated heterocycles. The average molecular weight is 487 g/mol. The quantitative estimate of drug-likeness (QED) is 0.445. The fraction of sp³-hybridized carbons (Fsp3) is 0.333. The van der Waals surface area contributed by atoms with E-state index in [1.807, 2.05) is 19.1 Å². The Hall–Kier alpha value is -3.37. The first-order valence-electron chi connectivity index (χ1n) is 11.1. The zero-order valence-electron chi connectivity index (χ0n) is 19.8. The molecule has 0 spiro atoms. The number of carbonyl (C=O) groups excluding carboxylic acids is 1. The van der Waals surface area contributed by atoms with Gasteiger partial charge >= 0.3 is 0 Å². The Morgan fingerprint density at radius 3 is 2.38 bits per heavy atom. The van der Waals surface area contributed by atoms with E-state index < -0.39 is 10.0 Å². The number of pyridine rings is 1. The molecule has 0 atom stereocenters. The van der Waals surface area contributed by atoms with Gasteiger partial charge in [0.1, 0.15) is 22.1 Å². The number of sulfonamides is 1. The molecule has 2 heterocycles. The molecule has 0 unspecified atom stereocenters. The zero-order valence-corrected chi connectivity index (χ0v) is 20.6. The summed E-state index contributed by atoms with van der Waals surface area (Å²) >= 11 is 0. The van der Waals surface area contributed by atoms with Gasteiger partial charge in [-0.1, -0.05) is 13.8 Å². The fourth-order valence-corrected chi connectivity index (χ4v) is 4.92. The largest absolute Gasteiger partial charge is 0.494 e. The Bertz CT molecular complexity index is 1220. The lowest BCUT2D eigenvalue weighted by atomic mass is 10.2. The average Bonchev–Trinajstić information content (AvgIpc) is 3.22. The number of amides is 1. The smallest absolute Gasteiger partial charge is 0.268 e. The highest BCUT2D eigenvalue weighted by atomic mass is 32.2. The highest BCUT2D eigenvalue weighted by Crippen LogP contribution is 2.23. The van der Waals surface area contributed by atoms with Crippen molar-refractivity contribution in [3.8, 4) is 17.4 Å². The number of hydrogen-bond donors (Lipinski definition) is 1. The van der Waals surface area contributed by atoms with Gasteiger partial charge in [-0.3, -0.25) is 4.79 Å². The summed E-state index contributed by atoms with van der Waals surface area (Å²) in [7, 11) is -2.00. The van der Waals surface area contributed by atoms with E-state index >= 15 is 0 Å². The van der Waals surface area contributed by atoms with Gasteiger partial charge in [-0.2, -0.15) is 4.31 Å². The van der Waals surface area contributed by atoms with E-state index in [4.69, 9.17) is 9.47 Å². The lowest BCUT2D eigenvalue weighted by Crippen LogP contribution is -2.30. The second kappa shape index (κ2) is 11.2. The van der Waals surface area contributed by atoms with E-state index in [2.05, 4.69) is 10.3 Å². The molecular weight excluding hydrogens is 456 g/mol. The predicted octanol–water partition coefficient (Wildman–Crippen LogP) is 3.57. The van der Waals surface area contributed by atoms with Crippen LogP contribution in [0, 0.1) is 0 Å². The molecule has 1 N–H and O–H groups in total. The molecule has 10 heteroatoms. The van der Waals surface area contributed by atoms with Crippen LogP contribution in [-0.4, -0.2) is 47.9 Å². The molecular formula is C24H30N4O5S. The van der Waals surface area contributed by atoms with Crippen molar-refractivity contribution < 1.29 is 22.7 Å². The van der Waals surface area contributed by atoms with Crippen LogP contribution in [0.4, 0.5) is 0 Å². The van der Waals surface area contributed by atoms with E-state index in [9.17, 15) is 13.2 Å². The van der Waals surface area contributed by atoms with Gasteiger partial charge in [-0.05, 0) is 48.9 Å². The first-order valence-corrected chi connectivity index (χ1v) is 12.5. The second-order valence-corrected chi connectivity index (χ2v) is 9.39. The zero-order chi connectivity index (χ0) is 24.7. The van der Waals surface area contributed by atoms with Crippen LogP contribution in [-0.2, 0) is 23.6 Å². The third-order valence-electron chi connectivity index (χ3n) is 5.17. The minimum absolute atomic E-state index is 0.0961. The molecule has 0 saturated carbocycles. The molecule has 0 radical (unpaired) electrons. The van der Waals surface area contributed by atoms with Crippen LogP contribution in [0.25, 0.3) is 0 Å². The van der Waals surface area contributed by atoms with E-state index in [1.165, 1.54) is 21.1 Å². The van der Waals surface area contributed by atoms with Gasteiger partial charge in [0, 0.05) is 45.1 Å². The van der Waals surface area contributed by atoms with Gasteiger partial charge in [0.15, 0.2) is 0 Å². The number of ether oxygens (including phenoxy) is 2. The second-order valence-electron chi connectivity index (χ2n) is 7.45. The van der Waals surface area contributed by atoms with Gasteiger partial charge in [0.2, 0.25) is 15.9 Å². The molecule has 0 aliphatic rings. The standard InChI is InChI=1S/C24H30N4O5S/c1-5-28(6-2)34(30,31)21-15-22(27(4)17-21)24(29)26-16-18-12-13-25-23(14-18)33-20-10-8-19(9-11-20)32-7-3/h8-15,17H,5-7,16H2,1-4H3,(H,26,29). The SMILES string of the molecule is CCOc1ccc(Oc2cc(CNC(=O)c3cc(S(=O)(=O)N(CC)CC)cn3C)ccn2)cc1. The molecule has 0 bridgehead atoms. The summed E-state index contributed by atoms with van der Waals surface area (Å²) in [5.41, 5.74) is 1.04. The molecule has 182 valence electrons. The van der Waals surface area contributed by atoms with Crippen molar-refractivity contribution >= 4 is 15.9 Å². The summed E-state index contributed by atoms with van der Waals surface area (Å²) < 4.78 is 39.6. The number of hydrogen-bond acceptors (Lipinski definition) is 6. The van der Waals surface area contributed by atoms with Gasteiger partial charge < -0.3 is 19.4 Å². The third kappa shape index (κ3) is 5.95. The summed E-state index contributed by atoms with van der Waals surface area (Å²) in [5, 5.41) is 2.82. The first-order chi connectivity index (χ1) is 16.3. The Labute approximate surface area is 200 Å². The summed E-state index contributed by atoms with van der Waals surface area (Å²) in [6.07, 6.45) is 3.06. The number of benzene rings is 1. The molecule has 0 aliphatic carbocycles. The van der Waals surface area contributed by atoms with E-state index in [-0.39, 0.29) is 23.0 Å². The lowest BCUT2D eigenvalue weighted by Gasteiger charge is -2.17. The maximum Gasteiger partial charge on any atom is 0.268 e.